The minimum absolute atomic E-state index is 0.0497. The molecule has 0 aromatic heterocycles. The maximum Gasteiger partial charge on any atom is 0.573 e. The summed E-state index contributed by atoms with van der Waals surface area (Å²) < 4.78 is 41.6. The highest BCUT2D eigenvalue weighted by Crippen LogP contribution is 2.29. The Kier molecular flexibility index (Phi) is 5.49. The first kappa shape index (κ1) is 18.3. The number of ether oxygens (including phenoxy) is 1. The van der Waals surface area contributed by atoms with Crippen LogP contribution in [-0.4, -0.2) is 30.3 Å². The number of rotatable bonds is 4. The van der Waals surface area contributed by atoms with E-state index in [9.17, 15) is 18.0 Å². The average Bonchev–Trinajstić information content (AvgIpc) is 2.62. The molecule has 138 valence electrons. The number of para-hydroxylation sites is 1. The van der Waals surface area contributed by atoms with E-state index in [4.69, 9.17) is 0 Å². The molecular formula is C20H20F3NO2. The summed E-state index contributed by atoms with van der Waals surface area (Å²) in [7, 11) is 0. The van der Waals surface area contributed by atoms with Crippen LogP contribution in [0.25, 0.3) is 0 Å². The standard InChI is InChI=1S/C20H20F3NO2/c21-20(22,23)26-18-9-5-4-8-17(18)19(25)24-12-10-16(11-13-24)14-15-6-2-1-3-7-15/h1-9,16H,10-14H2. The monoisotopic (exact) mass is 363 g/mol. The molecule has 0 radical (unpaired) electrons. The lowest BCUT2D eigenvalue weighted by molar-refractivity contribution is -0.274. The van der Waals surface area contributed by atoms with E-state index in [1.807, 2.05) is 18.2 Å². The molecule has 3 nitrogen and oxygen atoms in total. The smallest absolute Gasteiger partial charge is 0.405 e. The summed E-state index contributed by atoms with van der Waals surface area (Å²) >= 11 is 0. The predicted molar refractivity (Wildman–Crippen MR) is 91.9 cm³/mol. The third-order valence-electron chi connectivity index (χ3n) is 4.61. The van der Waals surface area contributed by atoms with E-state index in [0.29, 0.717) is 19.0 Å². The van der Waals surface area contributed by atoms with Gasteiger partial charge in [0.25, 0.3) is 5.91 Å². The topological polar surface area (TPSA) is 29.5 Å². The fourth-order valence-corrected chi connectivity index (χ4v) is 3.31. The fourth-order valence-electron chi connectivity index (χ4n) is 3.31. The van der Waals surface area contributed by atoms with E-state index < -0.39 is 18.0 Å². The normalized spacial score (nSPS) is 15.7. The Labute approximate surface area is 150 Å². The first-order chi connectivity index (χ1) is 12.4. The third kappa shape index (κ3) is 4.77. The van der Waals surface area contributed by atoms with Gasteiger partial charge in [0.15, 0.2) is 0 Å². The van der Waals surface area contributed by atoms with Gasteiger partial charge in [0.1, 0.15) is 5.75 Å². The van der Waals surface area contributed by atoms with Crippen LogP contribution in [0.15, 0.2) is 54.6 Å². The Morgan fingerprint density at radius 1 is 1.00 bits per heavy atom. The molecule has 1 saturated heterocycles. The van der Waals surface area contributed by atoms with Gasteiger partial charge in [-0.05, 0) is 42.9 Å². The van der Waals surface area contributed by atoms with Crippen molar-refractivity contribution in [3.05, 3.63) is 65.7 Å². The lowest BCUT2D eigenvalue weighted by Crippen LogP contribution is -2.39. The van der Waals surface area contributed by atoms with E-state index in [-0.39, 0.29) is 5.56 Å². The zero-order valence-corrected chi connectivity index (χ0v) is 14.2. The van der Waals surface area contributed by atoms with Crippen molar-refractivity contribution in [2.75, 3.05) is 13.1 Å². The summed E-state index contributed by atoms with van der Waals surface area (Å²) in [5, 5.41) is 0. The largest absolute Gasteiger partial charge is 0.573 e. The summed E-state index contributed by atoms with van der Waals surface area (Å²) in [5.74, 6) is -0.387. The highest BCUT2D eigenvalue weighted by molar-refractivity contribution is 5.97. The zero-order valence-electron chi connectivity index (χ0n) is 14.2. The van der Waals surface area contributed by atoms with Gasteiger partial charge in [-0.15, -0.1) is 13.2 Å². The predicted octanol–water partition coefficient (Wildman–Crippen LogP) is 4.68. The van der Waals surface area contributed by atoms with Crippen LogP contribution in [0.4, 0.5) is 13.2 Å². The van der Waals surface area contributed by atoms with E-state index in [0.717, 1.165) is 19.3 Å². The first-order valence-electron chi connectivity index (χ1n) is 8.60. The van der Waals surface area contributed by atoms with Crippen LogP contribution in [0.1, 0.15) is 28.8 Å². The molecule has 1 fully saturated rings. The second-order valence-electron chi connectivity index (χ2n) is 6.47. The second-order valence-corrected chi connectivity index (χ2v) is 6.47. The summed E-state index contributed by atoms with van der Waals surface area (Å²) in [6.07, 6.45) is -2.19. The van der Waals surface area contributed by atoms with Crippen LogP contribution in [0.3, 0.4) is 0 Å². The molecule has 0 N–H and O–H groups in total. The van der Waals surface area contributed by atoms with Crippen LogP contribution in [-0.2, 0) is 6.42 Å². The van der Waals surface area contributed by atoms with Crippen molar-refractivity contribution in [3.63, 3.8) is 0 Å². The Balaban J connectivity index is 1.62. The van der Waals surface area contributed by atoms with Gasteiger partial charge in [-0.2, -0.15) is 0 Å². The lowest BCUT2D eigenvalue weighted by atomic mass is 9.90. The van der Waals surface area contributed by atoms with Crippen LogP contribution in [0.5, 0.6) is 5.75 Å². The molecule has 2 aromatic rings. The number of nitrogens with zero attached hydrogens (tertiary/aromatic N) is 1. The minimum Gasteiger partial charge on any atom is -0.405 e. The van der Waals surface area contributed by atoms with Crippen molar-refractivity contribution in [1.82, 2.24) is 4.90 Å². The van der Waals surface area contributed by atoms with Gasteiger partial charge in [-0.1, -0.05) is 42.5 Å². The maximum atomic E-state index is 12.6. The second kappa shape index (κ2) is 7.81. The van der Waals surface area contributed by atoms with Crippen LogP contribution < -0.4 is 4.74 Å². The lowest BCUT2D eigenvalue weighted by Gasteiger charge is -2.32. The van der Waals surface area contributed by atoms with Gasteiger partial charge in [0, 0.05) is 13.1 Å². The maximum absolute atomic E-state index is 12.6. The third-order valence-corrected chi connectivity index (χ3v) is 4.61. The number of alkyl halides is 3. The molecule has 0 aliphatic carbocycles. The van der Waals surface area contributed by atoms with E-state index in [1.54, 1.807) is 11.0 Å². The number of halogens is 3. The Morgan fingerprint density at radius 3 is 2.27 bits per heavy atom. The molecular weight excluding hydrogens is 343 g/mol. The zero-order chi connectivity index (χ0) is 18.6. The molecule has 0 saturated carbocycles. The molecule has 1 aliphatic heterocycles. The molecule has 6 heteroatoms. The van der Waals surface area contributed by atoms with Crippen molar-refractivity contribution >= 4 is 5.91 Å². The van der Waals surface area contributed by atoms with Crippen molar-refractivity contribution in [3.8, 4) is 5.75 Å². The number of hydrogen-bond acceptors (Lipinski definition) is 2. The highest BCUT2D eigenvalue weighted by Gasteiger charge is 2.34. The van der Waals surface area contributed by atoms with Crippen LogP contribution in [0.2, 0.25) is 0 Å². The fraction of sp³-hybridized carbons (Fsp3) is 0.350. The van der Waals surface area contributed by atoms with Crippen molar-refractivity contribution < 1.29 is 22.7 Å². The summed E-state index contributed by atoms with van der Waals surface area (Å²) in [4.78, 5) is 14.3. The average molecular weight is 363 g/mol. The van der Waals surface area contributed by atoms with Crippen LogP contribution in [0, 0.1) is 5.92 Å². The van der Waals surface area contributed by atoms with Crippen molar-refractivity contribution in [2.45, 2.75) is 25.6 Å². The number of hydrogen-bond donors (Lipinski definition) is 0. The molecule has 0 bridgehead atoms. The molecule has 1 heterocycles. The number of benzene rings is 2. The number of likely N-dealkylation sites (tertiary alicyclic amines) is 1. The van der Waals surface area contributed by atoms with Gasteiger partial charge >= 0.3 is 6.36 Å². The van der Waals surface area contributed by atoms with Crippen molar-refractivity contribution in [1.29, 1.82) is 0 Å². The number of piperidine rings is 1. The van der Waals surface area contributed by atoms with E-state index in [2.05, 4.69) is 16.9 Å². The Morgan fingerprint density at radius 2 is 1.62 bits per heavy atom. The summed E-state index contributed by atoms with van der Waals surface area (Å²) in [6.45, 7) is 1.08. The minimum atomic E-state index is -4.82. The van der Waals surface area contributed by atoms with Crippen molar-refractivity contribution in [2.24, 2.45) is 5.92 Å². The van der Waals surface area contributed by atoms with Gasteiger partial charge in [-0.3, -0.25) is 4.79 Å². The molecule has 0 atom stereocenters. The van der Waals surface area contributed by atoms with Gasteiger partial charge in [0.2, 0.25) is 0 Å². The molecule has 0 unspecified atom stereocenters. The molecule has 2 aromatic carbocycles. The Hall–Kier alpha value is -2.50. The van der Waals surface area contributed by atoms with Gasteiger partial charge < -0.3 is 9.64 Å². The molecule has 1 aliphatic rings. The quantitative estimate of drug-likeness (QED) is 0.789. The molecule has 0 spiro atoms. The highest BCUT2D eigenvalue weighted by atomic mass is 19.4. The summed E-state index contributed by atoms with van der Waals surface area (Å²) in [5.41, 5.74) is 1.22. The number of carbonyl (C=O) groups is 1. The molecule has 3 rings (SSSR count). The van der Waals surface area contributed by atoms with E-state index in [1.165, 1.54) is 23.8 Å². The Bertz CT molecular complexity index is 738. The SMILES string of the molecule is O=C(c1ccccc1OC(F)(F)F)N1CCC(Cc2ccccc2)CC1. The van der Waals surface area contributed by atoms with Gasteiger partial charge in [-0.25, -0.2) is 0 Å². The number of carbonyl (C=O) groups excluding carboxylic acids is 1. The number of amides is 1. The molecule has 26 heavy (non-hydrogen) atoms. The van der Waals surface area contributed by atoms with Gasteiger partial charge in [0.05, 0.1) is 5.56 Å². The first-order valence-corrected chi connectivity index (χ1v) is 8.60. The van der Waals surface area contributed by atoms with Crippen LogP contribution >= 0.6 is 0 Å². The molecule has 1 amide bonds. The summed E-state index contributed by atoms with van der Waals surface area (Å²) in [6, 6.07) is 15.7. The van der Waals surface area contributed by atoms with E-state index >= 15 is 0 Å².